The van der Waals surface area contributed by atoms with E-state index < -0.39 is 0 Å². The minimum Gasteiger partial charge on any atom is -0.489 e. The van der Waals surface area contributed by atoms with Gasteiger partial charge in [0.25, 0.3) is 0 Å². The number of nitrogens with zero attached hydrogens (tertiary/aromatic N) is 2. The van der Waals surface area contributed by atoms with Crippen LogP contribution in [0.4, 0.5) is 0 Å². The van der Waals surface area contributed by atoms with Crippen molar-refractivity contribution in [2.75, 3.05) is 26.7 Å². The molecule has 1 aliphatic heterocycles. The van der Waals surface area contributed by atoms with E-state index in [9.17, 15) is 4.79 Å². The van der Waals surface area contributed by atoms with Gasteiger partial charge in [-0.1, -0.05) is 37.8 Å². The third kappa shape index (κ3) is 5.52. The number of rotatable bonds is 7. The van der Waals surface area contributed by atoms with Gasteiger partial charge in [0.05, 0.1) is 0 Å². The Hall–Kier alpha value is -2.50. The van der Waals surface area contributed by atoms with Gasteiger partial charge < -0.3 is 20.3 Å². The molecule has 1 atom stereocenters. The highest BCUT2D eigenvalue weighted by Gasteiger charge is 2.25. The first kappa shape index (κ1) is 18.8. The predicted molar refractivity (Wildman–Crippen MR) is 101 cm³/mol. The second-order valence-electron chi connectivity index (χ2n) is 5.96. The highest BCUT2D eigenvalue weighted by molar-refractivity contribution is 5.80. The molecule has 1 unspecified atom stereocenters. The van der Waals surface area contributed by atoms with Crippen molar-refractivity contribution in [3.05, 3.63) is 42.5 Å². The summed E-state index contributed by atoms with van der Waals surface area (Å²) < 4.78 is 5.68. The molecule has 0 radical (unpaired) electrons. The van der Waals surface area contributed by atoms with Crippen LogP contribution in [0.3, 0.4) is 0 Å². The van der Waals surface area contributed by atoms with Crippen LogP contribution in [0.25, 0.3) is 0 Å². The van der Waals surface area contributed by atoms with E-state index in [1.54, 1.807) is 13.1 Å². The van der Waals surface area contributed by atoms with E-state index in [0.29, 0.717) is 19.6 Å². The average molecular weight is 344 g/mol. The third-order valence-electron chi connectivity index (χ3n) is 4.18. The number of nitrogens with one attached hydrogen (secondary N) is 2. The number of para-hydroxylation sites is 1. The van der Waals surface area contributed by atoms with Crippen molar-refractivity contribution >= 4 is 11.9 Å². The van der Waals surface area contributed by atoms with E-state index >= 15 is 0 Å². The number of aliphatic imine (C=N–C) groups is 1. The molecule has 136 valence electrons. The molecule has 6 nitrogen and oxygen atoms in total. The van der Waals surface area contributed by atoms with Crippen molar-refractivity contribution in [3.63, 3.8) is 0 Å². The molecule has 1 aromatic rings. The van der Waals surface area contributed by atoms with Crippen molar-refractivity contribution in [1.29, 1.82) is 0 Å². The topological polar surface area (TPSA) is 66.0 Å². The van der Waals surface area contributed by atoms with Crippen LogP contribution in [0, 0.1) is 0 Å². The molecule has 1 fully saturated rings. The minimum atomic E-state index is 0.209. The molecule has 2 rings (SSSR count). The summed E-state index contributed by atoms with van der Waals surface area (Å²) in [6.45, 7) is 8.20. The number of ether oxygens (including phenoxy) is 1. The van der Waals surface area contributed by atoms with Crippen molar-refractivity contribution in [2.24, 2.45) is 4.99 Å². The Balaban J connectivity index is 1.87. The van der Waals surface area contributed by atoms with Gasteiger partial charge in [-0.15, -0.1) is 0 Å². The number of carbonyl (C=O) groups is 1. The van der Waals surface area contributed by atoms with Crippen molar-refractivity contribution < 1.29 is 9.53 Å². The largest absolute Gasteiger partial charge is 0.489 e. The van der Waals surface area contributed by atoms with Crippen LogP contribution in [0.1, 0.15) is 25.3 Å². The minimum absolute atomic E-state index is 0.209. The number of carbonyl (C=O) groups excluding carboxylic acids is 1. The first-order valence-electron chi connectivity index (χ1n) is 8.74. The fourth-order valence-corrected chi connectivity index (χ4v) is 2.83. The lowest BCUT2D eigenvalue weighted by molar-refractivity contribution is -0.129. The fourth-order valence-electron chi connectivity index (χ4n) is 2.83. The molecule has 1 aromatic carbocycles. The van der Waals surface area contributed by atoms with Gasteiger partial charge in [-0.2, -0.15) is 0 Å². The van der Waals surface area contributed by atoms with E-state index in [1.807, 2.05) is 36.1 Å². The highest BCUT2D eigenvalue weighted by Crippen LogP contribution is 2.17. The lowest BCUT2D eigenvalue weighted by Crippen LogP contribution is -2.44. The monoisotopic (exact) mass is 344 g/mol. The Morgan fingerprint density at radius 2 is 2.28 bits per heavy atom. The van der Waals surface area contributed by atoms with E-state index in [2.05, 4.69) is 22.2 Å². The summed E-state index contributed by atoms with van der Waals surface area (Å²) in [6.07, 6.45) is 3.22. The maximum Gasteiger partial charge on any atom is 0.222 e. The summed E-state index contributed by atoms with van der Waals surface area (Å²) in [7, 11) is 1.75. The summed E-state index contributed by atoms with van der Waals surface area (Å²) >= 11 is 0. The average Bonchev–Trinajstić information content (AvgIpc) is 3.12. The second kappa shape index (κ2) is 9.71. The van der Waals surface area contributed by atoms with Gasteiger partial charge in [-0.25, -0.2) is 0 Å². The maximum atomic E-state index is 11.8. The molecular weight excluding hydrogens is 316 g/mol. The van der Waals surface area contributed by atoms with Gasteiger partial charge in [-0.3, -0.25) is 9.79 Å². The Bertz CT molecular complexity index is 615. The number of guanidine groups is 1. The molecule has 0 aromatic heterocycles. The van der Waals surface area contributed by atoms with E-state index in [0.717, 1.165) is 36.8 Å². The summed E-state index contributed by atoms with van der Waals surface area (Å²) in [5, 5.41) is 6.71. The SMILES string of the molecule is C=CCOc1ccccc1CNC(=NC)NC1CCN(C(=O)CC)C1. The van der Waals surface area contributed by atoms with Crippen LogP contribution in [-0.4, -0.2) is 49.6 Å². The molecule has 0 aliphatic carbocycles. The summed E-state index contributed by atoms with van der Waals surface area (Å²) in [6, 6.07) is 8.14. The van der Waals surface area contributed by atoms with Crippen LogP contribution < -0.4 is 15.4 Å². The van der Waals surface area contributed by atoms with Crippen LogP contribution >= 0.6 is 0 Å². The fraction of sp³-hybridized carbons (Fsp3) is 0.474. The zero-order chi connectivity index (χ0) is 18.1. The molecule has 1 saturated heterocycles. The van der Waals surface area contributed by atoms with Crippen LogP contribution in [0.5, 0.6) is 5.75 Å². The van der Waals surface area contributed by atoms with Crippen molar-refractivity contribution in [1.82, 2.24) is 15.5 Å². The molecule has 1 aliphatic rings. The van der Waals surface area contributed by atoms with Gasteiger partial charge in [0.1, 0.15) is 12.4 Å². The molecule has 25 heavy (non-hydrogen) atoms. The lowest BCUT2D eigenvalue weighted by atomic mass is 10.2. The quantitative estimate of drug-likeness (QED) is 0.451. The molecule has 0 spiro atoms. The summed E-state index contributed by atoms with van der Waals surface area (Å²) in [5.41, 5.74) is 1.06. The molecule has 1 heterocycles. The van der Waals surface area contributed by atoms with Crippen LogP contribution in [0.2, 0.25) is 0 Å². The smallest absolute Gasteiger partial charge is 0.222 e. The zero-order valence-electron chi connectivity index (χ0n) is 15.1. The standard InChI is InChI=1S/C19H28N4O2/c1-4-12-25-17-9-7-6-8-15(17)13-21-19(20-3)22-16-10-11-23(14-16)18(24)5-2/h4,6-9,16H,1,5,10-14H2,2-3H3,(H2,20,21,22). The van der Waals surface area contributed by atoms with Gasteiger partial charge in [0.15, 0.2) is 5.96 Å². The van der Waals surface area contributed by atoms with Gasteiger partial charge in [-0.05, 0) is 12.5 Å². The Morgan fingerprint density at radius 1 is 1.48 bits per heavy atom. The summed E-state index contributed by atoms with van der Waals surface area (Å²) in [5.74, 6) is 1.78. The number of amides is 1. The molecule has 0 bridgehead atoms. The normalized spacial score (nSPS) is 17.3. The third-order valence-corrected chi connectivity index (χ3v) is 4.18. The Kier molecular flexibility index (Phi) is 7.32. The Morgan fingerprint density at radius 3 is 3.00 bits per heavy atom. The number of hydrogen-bond acceptors (Lipinski definition) is 3. The van der Waals surface area contributed by atoms with Gasteiger partial charge >= 0.3 is 0 Å². The first-order chi connectivity index (χ1) is 12.2. The maximum absolute atomic E-state index is 11.8. The highest BCUT2D eigenvalue weighted by atomic mass is 16.5. The Labute approximate surface area is 150 Å². The number of benzene rings is 1. The molecule has 6 heteroatoms. The van der Waals surface area contributed by atoms with E-state index in [-0.39, 0.29) is 11.9 Å². The molecule has 0 saturated carbocycles. The van der Waals surface area contributed by atoms with Crippen LogP contribution in [0.15, 0.2) is 41.9 Å². The first-order valence-corrected chi connectivity index (χ1v) is 8.74. The summed E-state index contributed by atoms with van der Waals surface area (Å²) in [4.78, 5) is 18.0. The van der Waals surface area contributed by atoms with E-state index in [1.165, 1.54) is 0 Å². The molecule has 1 amide bonds. The molecular formula is C19H28N4O2. The van der Waals surface area contributed by atoms with Crippen LogP contribution in [-0.2, 0) is 11.3 Å². The predicted octanol–water partition coefficient (Wildman–Crippen LogP) is 1.93. The van der Waals surface area contributed by atoms with Crippen molar-refractivity contribution in [2.45, 2.75) is 32.4 Å². The van der Waals surface area contributed by atoms with Crippen molar-refractivity contribution in [3.8, 4) is 5.75 Å². The molecule has 2 N–H and O–H groups in total. The van der Waals surface area contributed by atoms with E-state index in [4.69, 9.17) is 4.74 Å². The zero-order valence-corrected chi connectivity index (χ0v) is 15.1. The van der Waals surface area contributed by atoms with Gasteiger partial charge in [0, 0.05) is 44.7 Å². The number of likely N-dealkylation sites (tertiary alicyclic amines) is 1. The van der Waals surface area contributed by atoms with Gasteiger partial charge in [0.2, 0.25) is 5.91 Å². The number of hydrogen-bond donors (Lipinski definition) is 2. The second-order valence-corrected chi connectivity index (χ2v) is 5.96. The lowest BCUT2D eigenvalue weighted by Gasteiger charge is -2.19.